The Kier molecular flexibility index (Phi) is 3.61. The van der Waals surface area contributed by atoms with E-state index in [0.717, 1.165) is 5.69 Å². The summed E-state index contributed by atoms with van der Waals surface area (Å²) in [6, 6.07) is 8.60. The normalized spacial score (nSPS) is 10.0. The molecule has 1 heterocycles. The zero-order valence-corrected chi connectivity index (χ0v) is 10.7. The summed E-state index contributed by atoms with van der Waals surface area (Å²) >= 11 is 0. The second-order valence-corrected chi connectivity index (χ2v) is 4.05. The number of aromatic amines is 1. The first-order chi connectivity index (χ1) is 9.08. The maximum atomic E-state index is 11.8. The number of nitrogens with one attached hydrogen (secondary N) is 2. The van der Waals surface area contributed by atoms with Gasteiger partial charge in [-0.2, -0.15) is 5.10 Å². The minimum absolute atomic E-state index is 0.0470. The zero-order chi connectivity index (χ0) is 13.8. The molecule has 98 valence electrons. The van der Waals surface area contributed by atoms with E-state index in [0.29, 0.717) is 11.4 Å². The van der Waals surface area contributed by atoms with Gasteiger partial charge in [-0.3, -0.25) is 14.7 Å². The van der Waals surface area contributed by atoms with Gasteiger partial charge in [-0.05, 0) is 30.3 Å². The second kappa shape index (κ2) is 5.34. The summed E-state index contributed by atoms with van der Waals surface area (Å²) in [5.41, 5.74) is 1.82. The molecule has 0 aliphatic carbocycles. The average Bonchev–Trinajstić information content (AvgIpc) is 2.92. The van der Waals surface area contributed by atoms with Crippen LogP contribution < -0.4 is 10.2 Å². The lowest BCUT2D eigenvalue weighted by Gasteiger charge is -2.15. The van der Waals surface area contributed by atoms with Crippen LogP contribution in [0, 0.1) is 0 Å². The number of amides is 2. The number of hydrogen-bond donors (Lipinski definition) is 2. The summed E-state index contributed by atoms with van der Waals surface area (Å²) in [4.78, 5) is 24.5. The van der Waals surface area contributed by atoms with Gasteiger partial charge in [0.05, 0.1) is 0 Å². The number of nitrogens with zero attached hydrogens (tertiary/aromatic N) is 2. The molecule has 0 aliphatic heterocycles. The van der Waals surface area contributed by atoms with E-state index in [1.165, 1.54) is 18.0 Å². The number of anilines is 2. The standard InChI is InChI=1S/C13H14N4O2/c1-9(18)17(2)11-5-3-10(4-6-11)15-13(19)12-7-8-14-16-12/h3-8H,1-2H3,(H,14,16)(H,15,19). The number of carbonyl (C=O) groups is 2. The van der Waals surface area contributed by atoms with E-state index in [2.05, 4.69) is 15.5 Å². The first-order valence-corrected chi connectivity index (χ1v) is 5.73. The van der Waals surface area contributed by atoms with Crippen LogP contribution in [0.4, 0.5) is 11.4 Å². The Labute approximate surface area is 110 Å². The lowest BCUT2D eigenvalue weighted by atomic mass is 10.2. The van der Waals surface area contributed by atoms with E-state index in [4.69, 9.17) is 0 Å². The van der Waals surface area contributed by atoms with Crippen molar-refractivity contribution < 1.29 is 9.59 Å². The number of rotatable bonds is 3. The summed E-state index contributed by atoms with van der Waals surface area (Å²) in [7, 11) is 1.69. The Hall–Kier alpha value is -2.63. The Morgan fingerprint density at radius 3 is 2.42 bits per heavy atom. The fourth-order valence-electron chi connectivity index (χ4n) is 1.53. The highest BCUT2D eigenvalue weighted by Gasteiger charge is 2.08. The van der Waals surface area contributed by atoms with E-state index >= 15 is 0 Å². The number of aromatic nitrogens is 2. The molecule has 0 unspecified atom stereocenters. The predicted molar refractivity (Wildman–Crippen MR) is 72.1 cm³/mol. The van der Waals surface area contributed by atoms with Crippen molar-refractivity contribution >= 4 is 23.2 Å². The third-order valence-corrected chi connectivity index (χ3v) is 2.73. The zero-order valence-electron chi connectivity index (χ0n) is 10.7. The molecule has 0 radical (unpaired) electrons. The van der Waals surface area contributed by atoms with Gasteiger partial charge in [-0.1, -0.05) is 0 Å². The molecule has 0 aliphatic rings. The molecule has 0 atom stereocenters. The van der Waals surface area contributed by atoms with Crippen molar-refractivity contribution in [1.29, 1.82) is 0 Å². The van der Waals surface area contributed by atoms with Crippen LogP contribution >= 0.6 is 0 Å². The lowest BCUT2D eigenvalue weighted by Crippen LogP contribution is -2.22. The Bertz CT molecular complexity index is 575. The number of H-pyrrole nitrogens is 1. The van der Waals surface area contributed by atoms with Crippen molar-refractivity contribution in [1.82, 2.24) is 10.2 Å². The van der Waals surface area contributed by atoms with Gasteiger partial charge in [-0.15, -0.1) is 0 Å². The fraction of sp³-hybridized carbons (Fsp3) is 0.154. The first-order valence-electron chi connectivity index (χ1n) is 5.73. The SMILES string of the molecule is CC(=O)N(C)c1ccc(NC(=O)c2ccn[nH]2)cc1. The van der Waals surface area contributed by atoms with Gasteiger partial charge in [0.2, 0.25) is 5.91 Å². The summed E-state index contributed by atoms with van der Waals surface area (Å²) in [5.74, 6) is -0.306. The van der Waals surface area contributed by atoms with E-state index in [1.54, 1.807) is 37.4 Å². The molecule has 0 saturated carbocycles. The highest BCUT2D eigenvalue weighted by molar-refractivity contribution is 6.03. The molecular formula is C13H14N4O2. The van der Waals surface area contributed by atoms with Crippen molar-refractivity contribution in [2.24, 2.45) is 0 Å². The quantitative estimate of drug-likeness (QED) is 0.878. The number of carbonyl (C=O) groups excluding carboxylic acids is 2. The summed E-state index contributed by atoms with van der Waals surface area (Å²) in [5, 5.41) is 9.02. The van der Waals surface area contributed by atoms with E-state index in [9.17, 15) is 9.59 Å². The monoisotopic (exact) mass is 258 g/mol. The maximum Gasteiger partial charge on any atom is 0.273 e. The van der Waals surface area contributed by atoms with Crippen LogP contribution in [0.2, 0.25) is 0 Å². The summed E-state index contributed by atoms with van der Waals surface area (Å²) in [6.07, 6.45) is 1.51. The highest BCUT2D eigenvalue weighted by atomic mass is 16.2. The van der Waals surface area contributed by atoms with Gasteiger partial charge in [-0.25, -0.2) is 0 Å². The van der Waals surface area contributed by atoms with Crippen LogP contribution in [0.25, 0.3) is 0 Å². The fourth-order valence-corrected chi connectivity index (χ4v) is 1.53. The van der Waals surface area contributed by atoms with E-state index < -0.39 is 0 Å². The Morgan fingerprint density at radius 1 is 1.21 bits per heavy atom. The number of benzene rings is 1. The Balaban J connectivity index is 2.07. The molecule has 0 fully saturated rings. The van der Waals surface area contributed by atoms with Crippen LogP contribution in [0.1, 0.15) is 17.4 Å². The van der Waals surface area contributed by atoms with Crippen molar-refractivity contribution in [3.8, 4) is 0 Å². The van der Waals surface area contributed by atoms with Crippen LogP contribution in [0.5, 0.6) is 0 Å². The maximum absolute atomic E-state index is 11.8. The molecule has 2 N–H and O–H groups in total. The topological polar surface area (TPSA) is 78.1 Å². The minimum Gasteiger partial charge on any atom is -0.321 e. The van der Waals surface area contributed by atoms with Gasteiger partial charge in [0, 0.05) is 31.5 Å². The third kappa shape index (κ3) is 2.98. The molecule has 6 nitrogen and oxygen atoms in total. The molecule has 2 amide bonds. The smallest absolute Gasteiger partial charge is 0.273 e. The minimum atomic E-state index is -0.259. The van der Waals surface area contributed by atoms with Gasteiger partial charge in [0.1, 0.15) is 5.69 Å². The van der Waals surface area contributed by atoms with E-state index in [1.807, 2.05) is 0 Å². The van der Waals surface area contributed by atoms with Crippen LogP contribution in [0.3, 0.4) is 0 Å². The molecule has 19 heavy (non-hydrogen) atoms. The lowest BCUT2D eigenvalue weighted by molar-refractivity contribution is -0.116. The van der Waals surface area contributed by atoms with Crippen molar-refractivity contribution in [2.75, 3.05) is 17.3 Å². The summed E-state index contributed by atoms with van der Waals surface area (Å²) < 4.78 is 0. The van der Waals surface area contributed by atoms with Crippen molar-refractivity contribution in [3.63, 3.8) is 0 Å². The van der Waals surface area contributed by atoms with Gasteiger partial charge in [0.25, 0.3) is 5.91 Å². The van der Waals surface area contributed by atoms with Crippen molar-refractivity contribution in [3.05, 3.63) is 42.2 Å². The first kappa shape index (κ1) is 12.8. The molecule has 0 saturated heterocycles. The average molecular weight is 258 g/mol. The van der Waals surface area contributed by atoms with Gasteiger partial charge < -0.3 is 10.2 Å². The molecular weight excluding hydrogens is 244 g/mol. The largest absolute Gasteiger partial charge is 0.321 e. The van der Waals surface area contributed by atoms with Crippen molar-refractivity contribution in [2.45, 2.75) is 6.92 Å². The molecule has 2 aromatic rings. The summed E-state index contributed by atoms with van der Waals surface area (Å²) in [6.45, 7) is 1.49. The molecule has 0 bridgehead atoms. The number of hydrogen-bond acceptors (Lipinski definition) is 3. The van der Waals surface area contributed by atoms with Crippen LogP contribution in [-0.2, 0) is 4.79 Å². The van der Waals surface area contributed by atoms with Crippen LogP contribution in [-0.4, -0.2) is 29.1 Å². The molecule has 1 aromatic carbocycles. The second-order valence-electron chi connectivity index (χ2n) is 4.05. The van der Waals surface area contributed by atoms with Gasteiger partial charge >= 0.3 is 0 Å². The van der Waals surface area contributed by atoms with Gasteiger partial charge in [0.15, 0.2) is 0 Å². The molecule has 1 aromatic heterocycles. The molecule has 2 rings (SSSR count). The van der Waals surface area contributed by atoms with Crippen LogP contribution in [0.15, 0.2) is 36.5 Å². The highest BCUT2D eigenvalue weighted by Crippen LogP contribution is 2.17. The molecule has 0 spiro atoms. The Morgan fingerprint density at radius 2 is 1.89 bits per heavy atom. The third-order valence-electron chi connectivity index (χ3n) is 2.73. The molecule has 6 heteroatoms. The van der Waals surface area contributed by atoms with E-state index in [-0.39, 0.29) is 11.8 Å². The predicted octanol–water partition coefficient (Wildman–Crippen LogP) is 1.64.